The van der Waals surface area contributed by atoms with Crippen molar-refractivity contribution in [3.8, 4) is 0 Å². The molecule has 2 atom stereocenters. The third-order valence-electron chi connectivity index (χ3n) is 4.94. The maximum Gasteiger partial charge on any atom is 0.304 e. The van der Waals surface area contributed by atoms with Gasteiger partial charge in [0.2, 0.25) is 6.04 Å². The van der Waals surface area contributed by atoms with Crippen molar-refractivity contribution >= 4 is 24.1 Å². The van der Waals surface area contributed by atoms with Gasteiger partial charge in [-0.3, -0.25) is 9.59 Å². The first-order valence-corrected chi connectivity index (χ1v) is 9.79. The maximum absolute atomic E-state index is 12.8. The summed E-state index contributed by atoms with van der Waals surface area (Å²) in [7, 11) is 0. The number of allylic oxidation sites excluding steroid dienone is 1. The van der Waals surface area contributed by atoms with E-state index in [2.05, 4.69) is 10.7 Å². The summed E-state index contributed by atoms with van der Waals surface area (Å²) in [5.41, 5.74) is 5.37. The van der Waals surface area contributed by atoms with Crippen LogP contribution in [0.2, 0.25) is 0 Å². The van der Waals surface area contributed by atoms with Crippen LogP contribution in [0.25, 0.3) is 6.08 Å². The Morgan fingerprint density at radius 1 is 0.867 bits per heavy atom. The summed E-state index contributed by atoms with van der Waals surface area (Å²) in [5, 5.41) is 2.89. The van der Waals surface area contributed by atoms with Gasteiger partial charge in [0.1, 0.15) is 0 Å². The third-order valence-corrected chi connectivity index (χ3v) is 4.94. The minimum atomic E-state index is -0.721. The highest BCUT2D eigenvalue weighted by molar-refractivity contribution is 5.98. The number of benzene rings is 3. The smallest absolute Gasteiger partial charge is 0.304 e. The molecule has 4 rings (SSSR count). The number of carbonyl (C=O) groups is 2. The number of nitrogens with one attached hydrogen (secondary N) is 2. The van der Waals surface area contributed by atoms with Gasteiger partial charge >= 0.3 is 5.91 Å². The van der Waals surface area contributed by atoms with Gasteiger partial charge < -0.3 is 5.32 Å². The van der Waals surface area contributed by atoms with Gasteiger partial charge in [0.05, 0.1) is 0 Å². The van der Waals surface area contributed by atoms with E-state index in [9.17, 15) is 9.59 Å². The molecule has 1 heterocycles. The zero-order chi connectivity index (χ0) is 20.8. The molecule has 30 heavy (non-hydrogen) atoms. The van der Waals surface area contributed by atoms with Crippen molar-refractivity contribution in [2.75, 3.05) is 0 Å². The molecule has 5 nitrogen and oxygen atoms in total. The fourth-order valence-electron chi connectivity index (χ4n) is 3.47. The lowest BCUT2D eigenvalue weighted by Gasteiger charge is -2.14. The molecular formula is C25H22N3O2+. The molecular weight excluding hydrogens is 374 g/mol. The minimum Gasteiger partial charge on any atom is -0.334 e. The van der Waals surface area contributed by atoms with E-state index in [1.54, 1.807) is 28.9 Å². The first kappa shape index (κ1) is 19.3. The summed E-state index contributed by atoms with van der Waals surface area (Å²) in [6.45, 7) is 0. The predicted molar refractivity (Wildman–Crippen MR) is 117 cm³/mol. The first-order chi connectivity index (χ1) is 14.7. The third kappa shape index (κ3) is 4.36. The average Bonchev–Trinajstić information content (AvgIpc) is 3.10. The van der Waals surface area contributed by atoms with Crippen molar-refractivity contribution in [2.24, 2.45) is 0 Å². The van der Waals surface area contributed by atoms with Gasteiger partial charge in [0, 0.05) is 17.2 Å². The molecule has 148 valence electrons. The lowest BCUT2D eigenvalue weighted by molar-refractivity contribution is -0.596. The van der Waals surface area contributed by atoms with Gasteiger partial charge in [-0.15, -0.1) is 10.1 Å². The number of carbonyl (C=O) groups excluding carboxylic acids is 2. The average molecular weight is 396 g/mol. The number of nitrogens with zero attached hydrogens (tertiary/aromatic N) is 1. The Balaban J connectivity index is 1.62. The Kier molecular flexibility index (Phi) is 5.80. The lowest BCUT2D eigenvalue weighted by Crippen LogP contribution is -2.42. The van der Waals surface area contributed by atoms with Crippen molar-refractivity contribution in [3.05, 3.63) is 114 Å². The fraction of sp³-hybridized carbons (Fsp3) is 0.0800. The molecule has 0 saturated carbocycles. The van der Waals surface area contributed by atoms with Crippen molar-refractivity contribution < 1.29 is 14.3 Å². The van der Waals surface area contributed by atoms with E-state index in [1.807, 2.05) is 85.1 Å². The number of hydrogen-bond acceptors (Lipinski definition) is 2. The van der Waals surface area contributed by atoms with Gasteiger partial charge in [-0.05, 0) is 23.8 Å². The van der Waals surface area contributed by atoms with Gasteiger partial charge in [-0.2, -0.15) is 0 Å². The molecule has 3 aromatic carbocycles. The van der Waals surface area contributed by atoms with Crippen LogP contribution in [0.4, 0.5) is 0 Å². The van der Waals surface area contributed by atoms with Crippen LogP contribution in [0.5, 0.6) is 0 Å². The summed E-state index contributed by atoms with van der Waals surface area (Å²) in [4.78, 5) is 25.5. The monoisotopic (exact) mass is 396 g/mol. The van der Waals surface area contributed by atoms with Crippen molar-refractivity contribution in [1.82, 2.24) is 10.7 Å². The number of amides is 2. The zero-order valence-corrected chi connectivity index (χ0v) is 16.3. The van der Waals surface area contributed by atoms with Crippen LogP contribution < -0.4 is 10.7 Å². The van der Waals surface area contributed by atoms with Crippen LogP contribution in [-0.2, 0) is 4.79 Å². The normalized spacial score (nSPS) is 19.7. The van der Waals surface area contributed by atoms with Crippen LogP contribution in [0.15, 0.2) is 97.1 Å². The highest BCUT2D eigenvalue weighted by atomic mass is 16.2. The molecule has 2 N–H and O–H groups in total. The molecule has 0 aliphatic carbocycles. The van der Waals surface area contributed by atoms with E-state index in [4.69, 9.17) is 0 Å². The Morgan fingerprint density at radius 2 is 1.47 bits per heavy atom. The standard InChI is InChI=1S/C25H21N3O2/c29-24(21-16-8-3-9-17-21)26-22-23(20-14-6-2-7-15-20)28(27-25(22)30)18-10-13-19-11-4-1-5-12-19/h1-18,22-23H,(H-,26,27,29,30)/p+1/b13-10+,28-18-/t22-,23-/m0/s1. The van der Waals surface area contributed by atoms with Crippen molar-refractivity contribution in [1.29, 1.82) is 0 Å². The molecule has 5 heteroatoms. The van der Waals surface area contributed by atoms with Gasteiger partial charge in [-0.25, -0.2) is 0 Å². The summed E-state index contributed by atoms with van der Waals surface area (Å²) in [6, 6.07) is 27.4. The summed E-state index contributed by atoms with van der Waals surface area (Å²) in [6.07, 6.45) is 5.66. The van der Waals surface area contributed by atoms with Gasteiger partial charge in [0.25, 0.3) is 5.91 Å². The molecule has 0 bridgehead atoms. The van der Waals surface area contributed by atoms with E-state index in [-0.39, 0.29) is 17.9 Å². The summed E-state index contributed by atoms with van der Waals surface area (Å²) >= 11 is 0. The second-order valence-electron chi connectivity index (χ2n) is 6.97. The van der Waals surface area contributed by atoms with Gasteiger partial charge in [-0.1, -0.05) is 78.9 Å². The number of rotatable bonds is 5. The van der Waals surface area contributed by atoms with E-state index in [0.717, 1.165) is 11.1 Å². The van der Waals surface area contributed by atoms with E-state index in [1.165, 1.54) is 0 Å². The summed E-state index contributed by atoms with van der Waals surface area (Å²) in [5.74, 6) is -0.532. The minimum absolute atomic E-state index is 0.252. The molecule has 1 aliphatic rings. The second-order valence-corrected chi connectivity index (χ2v) is 6.97. The van der Waals surface area contributed by atoms with Crippen LogP contribution in [-0.4, -0.2) is 28.8 Å². The highest BCUT2D eigenvalue weighted by Crippen LogP contribution is 2.25. The molecule has 0 aromatic heterocycles. The largest absolute Gasteiger partial charge is 0.334 e. The fourth-order valence-corrected chi connectivity index (χ4v) is 3.47. The number of hydrazine groups is 1. The lowest BCUT2D eigenvalue weighted by atomic mass is 10.00. The van der Waals surface area contributed by atoms with Crippen LogP contribution in [0, 0.1) is 0 Å². The van der Waals surface area contributed by atoms with Crippen LogP contribution >= 0.6 is 0 Å². The zero-order valence-electron chi connectivity index (χ0n) is 16.3. The molecule has 1 saturated heterocycles. The first-order valence-electron chi connectivity index (χ1n) is 9.79. The molecule has 0 unspecified atom stereocenters. The molecule has 0 radical (unpaired) electrons. The van der Waals surface area contributed by atoms with E-state index in [0.29, 0.717) is 5.56 Å². The molecule has 2 amide bonds. The molecule has 1 aliphatic heterocycles. The predicted octanol–water partition coefficient (Wildman–Crippen LogP) is 3.37. The van der Waals surface area contributed by atoms with E-state index < -0.39 is 6.04 Å². The Hall–Kier alpha value is -3.99. The Morgan fingerprint density at radius 3 is 2.13 bits per heavy atom. The van der Waals surface area contributed by atoms with Crippen LogP contribution in [0.1, 0.15) is 27.5 Å². The summed E-state index contributed by atoms with van der Waals surface area (Å²) < 4.78 is 1.74. The Labute approximate surface area is 175 Å². The maximum atomic E-state index is 12.8. The van der Waals surface area contributed by atoms with Crippen molar-refractivity contribution in [2.45, 2.75) is 12.1 Å². The molecule has 1 fully saturated rings. The molecule has 3 aromatic rings. The van der Waals surface area contributed by atoms with Crippen LogP contribution in [0.3, 0.4) is 0 Å². The Bertz CT molecular complexity index is 1080. The molecule has 0 spiro atoms. The SMILES string of the molecule is O=C(N[C@@H]1C(=O)N/[N+](=C\C=C\c2ccccc2)[C@H]1c1ccccc1)c1ccccc1. The van der Waals surface area contributed by atoms with E-state index >= 15 is 0 Å². The quantitative estimate of drug-likeness (QED) is 0.650. The second kappa shape index (κ2) is 9.01. The topological polar surface area (TPSA) is 61.2 Å². The highest BCUT2D eigenvalue weighted by Gasteiger charge is 2.47. The van der Waals surface area contributed by atoms with Gasteiger partial charge in [0.15, 0.2) is 12.3 Å². The van der Waals surface area contributed by atoms with Crippen molar-refractivity contribution in [3.63, 3.8) is 0 Å². The number of hydrazone groups is 1. The number of hydrogen-bond donors (Lipinski definition) is 2.